The smallest absolute Gasteiger partial charge is 0.345 e. The fourth-order valence-corrected chi connectivity index (χ4v) is 3.68. The first kappa shape index (κ1) is 23.6. The molecule has 6 heteroatoms. The van der Waals surface area contributed by atoms with E-state index < -0.39 is 17.6 Å². The molecule has 0 aliphatic rings. The van der Waals surface area contributed by atoms with Crippen LogP contribution in [0.2, 0.25) is 0 Å². The first-order chi connectivity index (χ1) is 15.1. The average Bonchev–Trinajstić information content (AvgIpc) is 3.17. The van der Waals surface area contributed by atoms with Crippen LogP contribution in [-0.4, -0.2) is 21.4 Å². The van der Waals surface area contributed by atoms with Crippen molar-refractivity contribution in [2.24, 2.45) is 5.92 Å². The van der Waals surface area contributed by atoms with Crippen LogP contribution in [0.5, 0.6) is 0 Å². The SMILES string of the molecule is Cc1cccc(Cn2cccc2CN(C(=O)c2cccc(C(F)(F)F)c2)C(C)C(C)C)c1. The molecule has 0 saturated carbocycles. The van der Waals surface area contributed by atoms with Gasteiger partial charge in [0.1, 0.15) is 0 Å². The molecule has 3 rings (SSSR count). The van der Waals surface area contributed by atoms with Gasteiger partial charge in [-0.15, -0.1) is 0 Å². The van der Waals surface area contributed by atoms with Crippen molar-refractivity contribution in [1.82, 2.24) is 9.47 Å². The predicted molar refractivity (Wildman–Crippen MR) is 120 cm³/mol. The third-order valence-corrected chi connectivity index (χ3v) is 5.85. The van der Waals surface area contributed by atoms with Gasteiger partial charge in [-0.3, -0.25) is 4.79 Å². The van der Waals surface area contributed by atoms with Crippen LogP contribution >= 0.6 is 0 Å². The van der Waals surface area contributed by atoms with Crippen molar-refractivity contribution >= 4 is 5.91 Å². The second kappa shape index (κ2) is 9.63. The Kier molecular flexibility index (Phi) is 7.12. The van der Waals surface area contributed by atoms with Gasteiger partial charge in [-0.2, -0.15) is 13.2 Å². The molecule has 0 N–H and O–H groups in total. The molecule has 3 aromatic rings. The number of hydrogen-bond donors (Lipinski definition) is 0. The number of carbonyl (C=O) groups is 1. The number of benzene rings is 2. The van der Waals surface area contributed by atoms with E-state index in [2.05, 4.69) is 16.7 Å². The minimum Gasteiger partial charge on any atom is -0.345 e. The summed E-state index contributed by atoms with van der Waals surface area (Å²) >= 11 is 0. The molecule has 170 valence electrons. The Morgan fingerprint density at radius 3 is 2.38 bits per heavy atom. The summed E-state index contributed by atoms with van der Waals surface area (Å²) < 4.78 is 41.6. The van der Waals surface area contributed by atoms with E-state index in [0.717, 1.165) is 23.4 Å². The molecule has 0 bridgehead atoms. The summed E-state index contributed by atoms with van der Waals surface area (Å²) in [6.45, 7) is 8.95. The number of rotatable bonds is 7. The molecule has 0 fully saturated rings. The lowest BCUT2D eigenvalue weighted by molar-refractivity contribution is -0.137. The Hall–Kier alpha value is -3.02. The van der Waals surface area contributed by atoms with E-state index in [4.69, 9.17) is 0 Å². The van der Waals surface area contributed by atoms with E-state index in [9.17, 15) is 18.0 Å². The highest BCUT2D eigenvalue weighted by atomic mass is 19.4. The zero-order valence-electron chi connectivity index (χ0n) is 18.9. The topological polar surface area (TPSA) is 25.2 Å². The molecule has 32 heavy (non-hydrogen) atoms. The van der Waals surface area contributed by atoms with E-state index in [1.54, 1.807) is 4.90 Å². The zero-order valence-corrected chi connectivity index (χ0v) is 18.9. The van der Waals surface area contributed by atoms with Gasteiger partial charge in [0.2, 0.25) is 0 Å². The highest BCUT2D eigenvalue weighted by Crippen LogP contribution is 2.30. The summed E-state index contributed by atoms with van der Waals surface area (Å²) in [6.07, 6.45) is -2.53. The number of nitrogens with zero attached hydrogens (tertiary/aromatic N) is 2. The number of aryl methyl sites for hydroxylation is 1. The van der Waals surface area contributed by atoms with Crippen LogP contribution in [0, 0.1) is 12.8 Å². The van der Waals surface area contributed by atoms with Gasteiger partial charge in [-0.1, -0.05) is 49.7 Å². The largest absolute Gasteiger partial charge is 0.416 e. The molecule has 0 saturated heterocycles. The van der Waals surface area contributed by atoms with Crippen LogP contribution in [0.3, 0.4) is 0 Å². The summed E-state index contributed by atoms with van der Waals surface area (Å²) in [5.41, 5.74) is 2.48. The normalized spacial score (nSPS) is 12.8. The number of halogens is 3. The van der Waals surface area contributed by atoms with Crippen LogP contribution in [0.1, 0.15) is 53.5 Å². The third kappa shape index (κ3) is 5.61. The number of hydrogen-bond acceptors (Lipinski definition) is 1. The Morgan fingerprint density at radius 2 is 1.72 bits per heavy atom. The predicted octanol–water partition coefficient (Wildman–Crippen LogP) is 6.55. The maximum atomic E-state index is 13.4. The van der Waals surface area contributed by atoms with Crippen molar-refractivity contribution in [3.63, 3.8) is 0 Å². The molecule has 1 amide bonds. The maximum absolute atomic E-state index is 13.4. The van der Waals surface area contributed by atoms with Gasteiger partial charge in [0.05, 0.1) is 12.1 Å². The quantitative estimate of drug-likeness (QED) is 0.407. The molecule has 3 nitrogen and oxygen atoms in total. The molecule has 1 aromatic heterocycles. The Labute approximate surface area is 187 Å². The Bertz CT molecular complexity index is 1070. The fraction of sp³-hybridized carbons (Fsp3) is 0.346. The van der Waals surface area contributed by atoms with Crippen molar-refractivity contribution in [1.29, 1.82) is 0 Å². The van der Waals surface area contributed by atoms with Gasteiger partial charge in [0.15, 0.2) is 0 Å². The van der Waals surface area contributed by atoms with E-state index in [0.29, 0.717) is 13.1 Å². The summed E-state index contributed by atoms with van der Waals surface area (Å²) in [4.78, 5) is 15.0. The molecule has 1 atom stereocenters. The molecular formula is C26H29F3N2O. The molecule has 1 heterocycles. The minimum absolute atomic E-state index is 0.0455. The summed E-state index contributed by atoms with van der Waals surface area (Å²) in [6, 6.07) is 16.6. The van der Waals surface area contributed by atoms with Crippen LogP contribution < -0.4 is 0 Å². The zero-order chi connectivity index (χ0) is 23.5. The fourth-order valence-electron chi connectivity index (χ4n) is 3.68. The van der Waals surface area contributed by atoms with E-state index in [-0.39, 0.29) is 17.5 Å². The highest BCUT2D eigenvalue weighted by Gasteiger charge is 2.32. The highest BCUT2D eigenvalue weighted by molar-refractivity contribution is 5.94. The molecule has 1 unspecified atom stereocenters. The Morgan fingerprint density at radius 1 is 1.00 bits per heavy atom. The number of alkyl halides is 3. The average molecular weight is 443 g/mol. The number of amides is 1. The van der Waals surface area contributed by atoms with Gasteiger partial charge < -0.3 is 9.47 Å². The minimum atomic E-state index is -4.49. The number of carbonyl (C=O) groups excluding carboxylic acids is 1. The van der Waals surface area contributed by atoms with Crippen molar-refractivity contribution in [3.05, 3.63) is 94.8 Å². The lowest BCUT2D eigenvalue weighted by Crippen LogP contribution is -2.41. The van der Waals surface area contributed by atoms with Gasteiger partial charge in [0, 0.05) is 30.0 Å². The summed E-state index contributed by atoms with van der Waals surface area (Å²) in [5, 5.41) is 0. The first-order valence-corrected chi connectivity index (χ1v) is 10.7. The standard InChI is InChI=1S/C26H29F3N2O/c1-18(2)20(4)31(25(32)22-10-6-11-23(15-22)26(27,28)29)17-24-12-7-13-30(24)16-21-9-5-8-19(3)14-21/h5-15,18,20H,16-17H2,1-4H3. The van der Waals surface area contributed by atoms with Crippen LogP contribution in [-0.2, 0) is 19.3 Å². The molecule has 0 radical (unpaired) electrons. The van der Waals surface area contributed by atoms with Gasteiger partial charge in [-0.25, -0.2) is 0 Å². The van der Waals surface area contributed by atoms with Gasteiger partial charge in [0.25, 0.3) is 5.91 Å². The second-order valence-electron chi connectivity index (χ2n) is 8.61. The monoisotopic (exact) mass is 442 g/mol. The lowest BCUT2D eigenvalue weighted by Gasteiger charge is -2.32. The third-order valence-electron chi connectivity index (χ3n) is 5.85. The van der Waals surface area contributed by atoms with E-state index in [1.165, 1.54) is 17.7 Å². The first-order valence-electron chi connectivity index (χ1n) is 10.7. The van der Waals surface area contributed by atoms with Crippen molar-refractivity contribution in [3.8, 4) is 0 Å². The molecule has 0 aliphatic heterocycles. The summed E-state index contributed by atoms with van der Waals surface area (Å²) in [7, 11) is 0. The van der Waals surface area contributed by atoms with Crippen molar-refractivity contribution in [2.75, 3.05) is 0 Å². The van der Waals surface area contributed by atoms with Crippen LogP contribution in [0.15, 0.2) is 66.9 Å². The Balaban J connectivity index is 1.90. The molecular weight excluding hydrogens is 413 g/mol. The van der Waals surface area contributed by atoms with Crippen LogP contribution in [0.4, 0.5) is 13.2 Å². The maximum Gasteiger partial charge on any atom is 0.416 e. The van der Waals surface area contributed by atoms with Gasteiger partial charge >= 0.3 is 6.18 Å². The molecule has 0 spiro atoms. The second-order valence-corrected chi connectivity index (χ2v) is 8.61. The van der Waals surface area contributed by atoms with Crippen LogP contribution in [0.25, 0.3) is 0 Å². The van der Waals surface area contributed by atoms with E-state index in [1.807, 2.05) is 58.2 Å². The summed E-state index contributed by atoms with van der Waals surface area (Å²) in [5.74, 6) is -0.259. The molecule has 0 aliphatic carbocycles. The van der Waals surface area contributed by atoms with Gasteiger partial charge in [-0.05, 0) is 55.7 Å². The lowest BCUT2D eigenvalue weighted by atomic mass is 10.0. The number of aromatic nitrogens is 1. The molecule has 2 aromatic carbocycles. The van der Waals surface area contributed by atoms with Crippen molar-refractivity contribution < 1.29 is 18.0 Å². The van der Waals surface area contributed by atoms with E-state index >= 15 is 0 Å². The van der Waals surface area contributed by atoms with Crippen molar-refractivity contribution in [2.45, 2.75) is 53.0 Å².